The van der Waals surface area contributed by atoms with Crippen LogP contribution < -0.4 is 15.0 Å². The maximum absolute atomic E-state index is 12.8. The fraction of sp³-hybridized carbons (Fsp3) is 0.458. The zero-order chi connectivity index (χ0) is 19.3. The maximum atomic E-state index is 12.8. The quantitative estimate of drug-likeness (QED) is 0.827. The second-order valence-electron chi connectivity index (χ2n) is 8.16. The van der Waals surface area contributed by atoms with Crippen LogP contribution in [-0.2, 0) is 11.3 Å². The molecule has 1 atom stereocenters. The molecule has 1 heterocycles. The highest BCUT2D eigenvalue weighted by molar-refractivity contribution is 5.78. The molecule has 1 N–H and O–H groups in total. The van der Waals surface area contributed by atoms with E-state index in [0.29, 0.717) is 19.1 Å². The number of benzene rings is 2. The van der Waals surface area contributed by atoms with Gasteiger partial charge in [0, 0.05) is 12.6 Å². The molecule has 2 aliphatic rings. The Balaban J connectivity index is 1.51. The van der Waals surface area contributed by atoms with Crippen LogP contribution >= 0.6 is 0 Å². The van der Waals surface area contributed by atoms with E-state index in [1.54, 1.807) is 0 Å². The first-order valence-corrected chi connectivity index (χ1v) is 10.5. The molecule has 1 amide bonds. The van der Waals surface area contributed by atoms with Crippen molar-refractivity contribution in [1.82, 2.24) is 5.32 Å². The second-order valence-corrected chi connectivity index (χ2v) is 8.16. The number of hydrogen-bond acceptors (Lipinski definition) is 3. The standard InChI is InChI=1S/C24H30N2O2/c1-18-12-13-22-23(14-18)28-17-21(26(22)16-19-8-4-2-5-9-19)15-24(27)25-20-10-6-3-7-11-20/h2,4-5,8-9,12-14,20-21H,3,6-7,10-11,15-17H2,1H3,(H,25,27). The minimum absolute atomic E-state index is 0.0407. The van der Waals surface area contributed by atoms with Crippen LogP contribution in [0.25, 0.3) is 0 Å². The van der Waals surface area contributed by atoms with Crippen LogP contribution in [0.5, 0.6) is 5.75 Å². The molecule has 0 spiro atoms. The molecule has 0 radical (unpaired) electrons. The number of amides is 1. The molecule has 0 saturated heterocycles. The van der Waals surface area contributed by atoms with Gasteiger partial charge in [0.05, 0.1) is 18.2 Å². The van der Waals surface area contributed by atoms with Gasteiger partial charge in [-0.25, -0.2) is 0 Å². The summed E-state index contributed by atoms with van der Waals surface area (Å²) in [5.41, 5.74) is 3.51. The summed E-state index contributed by atoms with van der Waals surface area (Å²) in [6.07, 6.45) is 6.45. The molecule has 0 aromatic heterocycles. The lowest BCUT2D eigenvalue weighted by molar-refractivity contribution is -0.122. The van der Waals surface area contributed by atoms with Crippen molar-refractivity contribution in [2.24, 2.45) is 0 Å². The molecule has 1 unspecified atom stereocenters. The summed E-state index contributed by atoms with van der Waals surface area (Å²) in [4.78, 5) is 15.1. The topological polar surface area (TPSA) is 41.6 Å². The number of ether oxygens (including phenoxy) is 1. The number of nitrogens with zero attached hydrogens (tertiary/aromatic N) is 1. The van der Waals surface area contributed by atoms with Gasteiger partial charge < -0.3 is 15.0 Å². The Morgan fingerprint density at radius 2 is 1.89 bits per heavy atom. The van der Waals surface area contributed by atoms with E-state index in [4.69, 9.17) is 4.74 Å². The van der Waals surface area contributed by atoms with Gasteiger partial charge in [-0.2, -0.15) is 0 Å². The molecule has 4 nitrogen and oxygen atoms in total. The third kappa shape index (κ3) is 4.49. The van der Waals surface area contributed by atoms with Gasteiger partial charge in [-0.1, -0.05) is 55.7 Å². The molecule has 28 heavy (non-hydrogen) atoms. The predicted molar refractivity (Wildman–Crippen MR) is 113 cm³/mol. The average Bonchev–Trinajstić information content (AvgIpc) is 2.71. The summed E-state index contributed by atoms with van der Waals surface area (Å²) >= 11 is 0. The number of hydrogen-bond donors (Lipinski definition) is 1. The highest BCUT2D eigenvalue weighted by Gasteiger charge is 2.30. The molecule has 1 aliphatic carbocycles. The zero-order valence-electron chi connectivity index (χ0n) is 16.7. The lowest BCUT2D eigenvalue weighted by atomic mass is 9.95. The highest BCUT2D eigenvalue weighted by Crippen LogP contribution is 2.36. The minimum Gasteiger partial charge on any atom is -0.489 e. The van der Waals surface area contributed by atoms with E-state index < -0.39 is 0 Å². The Morgan fingerprint density at radius 3 is 2.68 bits per heavy atom. The SMILES string of the molecule is Cc1ccc2c(c1)OCC(CC(=O)NC1CCCCC1)N2Cc1ccccc1. The smallest absolute Gasteiger partial charge is 0.222 e. The molecule has 2 aromatic carbocycles. The normalized spacial score (nSPS) is 19.6. The van der Waals surface area contributed by atoms with Crippen molar-refractivity contribution < 1.29 is 9.53 Å². The molecule has 2 aromatic rings. The molecule has 4 heteroatoms. The zero-order valence-corrected chi connectivity index (χ0v) is 16.7. The fourth-order valence-electron chi connectivity index (χ4n) is 4.36. The molecular weight excluding hydrogens is 348 g/mol. The van der Waals surface area contributed by atoms with Crippen molar-refractivity contribution in [3.8, 4) is 5.75 Å². The van der Waals surface area contributed by atoms with Crippen LogP contribution in [0.2, 0.25) is 0 Å². The second kappa shape index (κ2) is 8.68. The van der Waals surface area contributed by atoms with Gasteiger partial charge in [0.1, 0.15) is 12.4 Å². The molecular formula is C24H30N2O2. The van der Waals surface area contributed by atoms with Crippen molar-refractivity contribution in [1.29, 1.82) is 0 Å². The lowest BCUT2D eigenvalue weighted by Gasteiger charge is -2.39. The van der Waals surface area contributed by atoms with Gasteiger partial charge in [-0.05, 0) is 43.0 Å². The van der Waals surface area contributed by atoms with Crippen LogP contribution in [0.15, 0.2) is 48.5 Å². The number of carbonyl (C=O) groups is 1. The van der Waals surface area contributed by atoms with Crippen molar-refractivity contribution in [3.05, 3.63) is 59.7 Å². The summed E-state index contributed by atoms with van der Waals surface area (Å²) in [7, 11) is 0. The molecule has 1 saturated carbocycles. The summed E-state index contributed by atoms with van der Waals surface area (Å²) in [5, 5.41) is 3.26. The van der Waals surface area contributed by atoms with Crippen LogP contribution in [0.4, 0.5) is 5.69 Å². The van der Waals surface area contributed by atoms with E-state index in [-0.39, 0.29) is 11.9 Å². The molecule has 1 aliphatic heterocycles. The van der Waals surface area contributed by atoms with Crippen molar-refractivity contribution in [2.45, 2.75) is 64.1 Å². The number of aryl methyl sites for hydroxylation is 1. The molecule has 4 rings (SSSR count). The highest BCUT2D eigenvalue weighted by atomic mass is 16.5. The Kier molecular flexibility index (Phi) is 5.84. The first-order valence-electron chi connectivity index (χ1n) is 10.5. The molecule has 1 fully saturated rings. The van der Waals surface area contributed by atoms with Crippen molar-refractivity contribution >= 4 is 11.6 Å². The Hall–Kier alpha value is -2.49. The third-order valence-electron chi connectivity index (χ3n) is 5.88. The number of fused-ring (bicyclic) bond motifs is 1. The van der Waals surface area contributed by atoms with Crippen LogP contribution in [0.3, 0.4) is 0 Å². The number of rotatable bonds is 5. The monoisotopic (exact) mass is 378 g/mol. The van der Waals surface area contributed by atoms with E-state index in [9.17, 15) is 4.79 Å². The van der Waals surface area contributed by atoms with Gasteiger partial charge in [-0.15, -0.1) is 0 Å². The largest absolute Gasteiger partial charge is 0.489 e. The van der Waals surface area contributed by atoms with Gasteiger partial charge >= 0.3 is 0 Å². The van der Waals surface area contributed by atoms with Gasteiger partial charge in [0.25, 0.3) is 0 Å². The minimum atomic E-state index is 0.0407. The van der Waals surface area contributed by atoms with Crippen molar-refractivity contribution in [2.75, 3.05) is 11.5 Å². The molecule has 0 bridgehead atoms. The average molecular weight is 379 g/mol. The summed E-state index contributed by atoms with van der Waals surface area (Å²) < 4.78 is 6.05. The molecule has 148 valence electrons. The summed E-state index contributed by atoms with van der Waals surface area (Å²) in [6, 6.07) is 17.2. The van der Waals surface area contributed by atoms with E-state index in [2.05, 4.69) is 59.6 Å². The van der Waals surface area contributed by atoms with Crippen LogP contribution in [0.1, 0.15) is 49.7 Å². The first-order chi connectivity index (χ1) is 13.7. The third-order valence-corrected chi connectivity index (χ3v) is 5.88. The van der Waals surface area contributed by atoms with Gasteiger partial charge in [0.2, 0.25) is 5.91 Å². The van der Waals surface area contributed by atoms with E-state index in [1.165, 1.54) is 30.4 Å². The van der Waals surface area contributed by atoms with Crippen molar-refractivity contribution in [3.63, 3.8) is 0 Å². The fourth-order valence-corrected chi connectivity index (χ4v) is 4.36. The lowest BCUT2D eigenvalue weighted by Crippen LogP contribution is -2.47. The Bertz CT molecular complexity index is 800. The Morgan fingerprint density at radius 1 is 1.11 bits per heavy atom. The Labute approximate surface area is 167 Å². The number of carbonyl (C=O) groups excluding carboxylic acids is 1. The van der Waals surface area contributed by atoms with Crippen LogP contribution in [0, 0.1) is 6.92 Å². The maximum Gasteiger partial charge on any atom is 0.222 e. The number of anilines is 1. The van der Waals surface area contributed by atoms with Gasteiger partial charge in [-0.3, -0.25) is 4.79 Å². The van der Waals surface area contributed by atoms with E-state index in [0.717, 1.165) is 30.8 Å². The first kappa shape index (κ1) is 18.9. The van der Waals surface area contributed by atoms with E-state index in [1.807, 2.05) is 6.07 Å². The number of nitrogens with one attached hydrogen (secondary N) is 1. The predicted octanol–water partition coefficient (Wildman–Crippen LogP) is 4.60. The van der Waals surface area contributed by atoms with E-state index >= 15 is 0 Å². The van der Waals surface area contributed by atoms with Gasteiger partial charge in [0.15, 0.2) is 0 Å². The summed E-state index contributed by atoms with van der Waals surface area (Å²) in [6.45, 7) is 3.40. The van der Waals surface area contributed by atoms with Crippen LogP contribution in [-0.4, -0.2) is 24.6 Å². The summed E-state index contributed by atoms with van der Waals surface area (Å²) in [5.74, 6) is 1.06.